The van der Waals surface area contributed by atoms with E-state index >= 15 is 0 Å². The zero-order chi connectivity index (χ0) is 6.57. The van der Waals surface area contributed by atoms with Crippen LogP contribution in [0.5, 0.6) is 0 Å². The summed E-state index contributed by atoms with van der Waals surface area (Å²) in [6.07, 6.45) is 0. The van der Waals surface area contributed by atoms with E-state index in [0.29, 0.717) is 6.61 Å². The molecular formula is C6H11O2. The molecule has 0 bridgehead atoms. The SMILES string of the molecule is [CH2]C(C)C(=O)OCC. The lowest BCUT2D eigenvalue weighted by Crippen LogP contribution is -2.10. The molecule has 2 heteroatoms. The first-order valence-corrected chi connectivity index (χ1v) is 2.68. The summed E-state index contributed by atoms with van der Waals surface area (Å²) < 4.78 is 4.60. The summed E-state index contributed by atoms with van der Waals surface area (Å²) in [5, 5.41) is 0. The fourth-order valence-electron chi connectivity index (χ4n) is 0.285. The van der Waals surface area contributed by atoms with E-state index in [1.165, 1.54) is 0 Å². The van der Waals surface area contributed by atoms with Crippen molar-refractivity contribution in [3.8, 4) is 0 Å². The lowest BCUT2D eigenvalue weighted by Gasteiger charge is -2.01. The molecule has 1 atom stereocenters. The Labute approximate surface area is 49.8 Å². The molecular weight excluding hydrogens is 104 g/mol. The minimum absolute atomic E-state index is 0.229. The largest absolute Gasteiger partial charge is 0.466 e. The van der Waals surface area contributed by atoms with Gasteiger partial charge in [-0.1, -0.05) is 6.92 Å². The molecule has 2 nitrogen and oxygen atoms in total. The van der Waals surface area contributed by atoms with Crippen molar-refractivity contribution in [3.63, 3.8) is 0 Å². The highest BCUT2D eigenvalue weighted by Gasteiger charge is 2.05. The number of hydrogen-bond donors (Lipinski definition) is 0. The Morgan fingerprint density at radius 3 is 2.50 bits per heavy atom. The summed E-state index contributed by atoms with van der Waals surface area (Å²) in [5.41, 5.74) is 0. The zero-order valence-corrected chi connectivity index (χ0v) is 5.31. The maximum Gasteiger partial charge on any atom is 0.308 e. The average molecular weight is 115 g/mol. The third-order valence-corrected chi connectivity index (χ3v) is 0.689. The van der Waals surface area contributed by atoms with Crippen molar-refractivity contribution in [2.24, 2.45) is 5.92 Å². The average Bonchev–Trinajstić information content (AvgIpc) is 1.67. The van der Waals surface area contributed by atoms with E-state index in [2.05, 4.69) is 11.7 Å². The molecule has 0 heterocycles. The maximum atomic E-state index is 10.5. The summed E-state index contributed by atoms with van der Waals surface area (Å²) in [4.78, 5) is 10.5. The second kappa shape index (κ2) is 3.47. The molecule has 47 valence electrons. The minimum Gasteiger partial charge on any atom is -0.466 e. The minimum atomic E-state index is -0.241. The summed E-state index contributed by atoms with van der Waals surface area (Å²) in [6.45, 7) is 7.41. The number of esters is 1. The molecule has 0 rings (SSSR count). The van der Waals surface area contributed by atoms with E-state index in [1.807, 2.05) is 0 Å². The molecule has 0 aromatic carbocycles. The molecule has 0 aromatic heterocycles. The Balaban J connectivity index is 3.33. The van der Waals surface area contributed by atoms with Crippen molar-refractivity contribution in [1.82, 2.24) is 0 Å². The lowest BCUT2D eigenvalue weighted by atomic mass is 10.2. The van der Waals surface area contributed by atoms with Crippen LogP contribution < -0.4 is 0 Å². The smallest absolute Gasteiger partial charge is 0.308 e. The van der Waals surface area contributed by atoms with Crippen LogP contribution in [0.2, 0.25) is 0 Å². The Morgan fingerprint density at radius 2 is 2.38 bits per heavy atom. The van der Waals surface area contributed by atoms with E-state index in [-0.39, 0.29) is 11.9 Å². The van der Waals surface area contributed by atoms with Crippen LogP contribution in [0.1, 0.15) is 13.8 Å². The van der Waals surface area contributed by atoms with Crippen molar-refractivity contribution < 1.29 is 9.53 Å². The highest BCUT2D eigenvalue weighted by atomic mass is 16.5. The summed E-state index contributed by atoms with van der Waals surface area (Å²) in [5.74, 6) is -0.470. The van der Waals surface area contributed by atoms with E-state index in [4.69, 9.17) is 0 Å². The van der Waals surface area contributed by atoms with E-state index in [9.17, 15) is 4.79 Å². The van der Waals surface area contributed by atoms with Crippen molar-refractivity contribution in [2.75, 3.05) is 6.61 Å². The van der Waals surface area contributed by atoms with Gasteiger partial charge in [0, 0.05) is 0 Å². The molecule has 0 saturated heterocycles. The number of rotatable bonds is 2. The van der Waals surface area contributed by atoms with Gasteiger partial charge in [-0.25, -0.2) is 0 Å². The van der Waals surface area contributed by atoms with Crippen LogP contribution in [0, 0.1) is 12.8 Å². The second-order valence-electron chi connectivity index (χ2n) is 1.65. The van der Waals surface area contributed by atoms with Crippen LogP contribution in [0.25, 0.3) is 0 Å². The van der Waals surface area contributed by atoms with Crippen molar-refractivity contribution in [3.05, 3.63) is 6.92 Å². The van der Waals surface area contributed by atoms with Crippen LogP contribution in [-0.4, -0.2) is 12.6 Å². The molecule has 0 aromatic rings. The van der Waals surface area contributed by atoms with Gasteiger partial charge >= 0.3 is 5.97 Å². The van der Waals surface area contributed by atoms with Crippen molar-refractivity contribution in [1.29, 1.82) is 0 Å². The van der Waals surface area contributed by atoms with Crippen LogP contribution in [-0.2, 0) is 9.53 Å². The number of hydrogen-bond acceptors (Lipinski definition) is 2. The fourth-order valence-corrected chi connectivity index (χ4v) is 0.285. The van der Waals surface area contributed by atoms with Gasteiger partial charge in [-0.3, -0.25) is 4.79 Å². The molecule has 0 fully saturated rings. The van der Waals surface area contributed by atoms with Gasteiger partial charge in [-0.05, 0) is 13.8 Å². The van der Waals surface area contributed by atoms with Gasteiger partial charge in [-0.15, -0.1) is 0 Å². The number of carbonyl (C=O) groups excluding carboxylic acids is 1. The normalized spacial score (nSPS) is 9.50. The van der Waals surface area contributed by atoms with Crippen LogP contribution in [0.3, 0.4) is 0 Å². The molecule has 0 aliphatic heterocycles. The summed E-state index contributed by atoms with van der Waals surface area (Å²) in [6, 6.07) is 0. The Morgan fingerprint density at radius 1 is 1.88 bits per heavy atom. The number of carbonyl (C=O) groups is 1. The van der Waals surface area contributed by atoms with E-state index in [0.717, 1.165) is 0 Å². The molecule has 0 aliphatic rings. The third kappa shape index (κ3) is 2.61. The summed E-state index contributed by atoms with van der Waals surface area (Å²) >= 11 is 0. The molecule has 0 amide bonds. The molecule has 1 radical (unpaired) electrons. The predicted octanol–water partition coefficient (Wildman–Crippen LogP) is 1.02. The highest BCUT2D eigenvalue weighted by Crippen LogP contribution is 1.93. The molecule has 0 aliphatic carbocycles. The Hall–Kier alpha value is -0.530. The fraction of sp³-hybridized carbons (Fsp3) is 0.667. The van der Waals surface area contributed by atoms with Gasteiger partial charge in [0.15, 0.2) is 0 Å². The second-order valence-corrected chi connectivity index (χ2v) is 1.65. The van der Waals surface area contributed by atoms with Gasteiger partial charge in [0.2, 0.25) is 0 Å². The van der Waals surface area contributed by atoms with Gasteiger partial charge in [-0.2, -0.15) is 0 Å². The lowest BCUT2D eigenvalue weighted by molar-refractivity contribution is -0.145. The Bertz CT molecular complexity index is 76.6. The van der Waals surface area contributed by atoms with Gasteiger partial charge < -0.3 is 4.74 Å². The molecule has 0 spiro atoms. The molecule has 0 saturated carbocycles. The first-order chi connectivity index (χ1) is 3.68. The maximum absolute atomic E-state index is 10.5. The monoisotopic (exact) mass is 115 g/mol. The zero-order valence-electron chi connectivity index (χ0n) is 5.31. The van der Waals surface area contributed by atoms with E-state index in [1.54, 1.807) is 13.8 Å². The highest BCUT2D eigenvalue weighted by molar-refractivity contribution is 5.72. The van der Waals surface area contributed by atoms with Gasteiger partial charge in [0.1, 0.15) is 0 Å². The molecule has 0 N–H and O–H groups in total. The standard InChI is InChI=1S/C6H11O2/c1-4-8-6(7)5(2)3/h5H,2,4H2,1,3H3. The molecule has 8 heavy (non-hydrogen) atoms. The van der Waals surface area contributed by atoms with Crippen molar-refractivity contribution >= 4 is 5.97 Å². The quantitative estimate of drug-likeness (QED) is 0.502. The topological polar surface area (TPSA) is 26.3 Å². The third-order valence-electron chi connectivity index (χ3n) is 0.689. The van der Waals surface area contributed by atoms with Gasteiger partial charge in [0.05, 0.1) is 12.5 Å². The first-order valence-electron chi connectivity index (χ1n) is 2.68. The van der Waals surface area contributed by atoms with Crippen LogP contribution in [0.15, 0.2) is 0 Å². The Kier molecular flexibility index (Phi) is 3.24. The van der Waals surface area contributed by atoms with Crippen molar-refractivity contribution in [2.45, 2.75) is 13.8 Å². The summed E-state index contributed by atoms with van der Waals surface area (Å²) in [7, 11) is 0. The van der Waals surface area contributed by atoms with E-state index < -0.39 is 0 Å². The first kappa shape index (κ1) is 7.47. The van der Waals surface area contributed by atoms with Crippen LogP contribution in [0.4, 0.5) is 0 Å². The van der Waals surface area contributed by atoms with Gasteiger partial charge in [0.25, 0.3) is 0 Å². The predicted molar refractivity (Wildman–Crippen MR) is 31.2 cm³/mol. The number of ether oxygens (including phenoxy) is 1. The molecule has 1 unspecified atom stereocenters. The van der Waals surface area contributed by atoms with Crippen LogP contribution >= 0.6 is 0 Å².